The molecule has 0 N–H and O–H groups in total. The fourth-order valence-corrected chi connectivity index (χ4v) is 2.63. The van der Waals surface area contributed by atoms with Gasteiger partial charge in [0.25, 0.3) is 5.91 Å². The molecular weight excluding hydrogens is 294 g/mol. The number of para-hydroxylation sites is 1. The van der Waals surface area contributed by atoms with E-state index in [0.29, 0.717) is 18.8 Å². The van der Waals surface area contributed by atoms with Gasteiger partial charge in [0, 0.05) is 12.7 Å². The number of nitrogens with zero attached hydrogens (tertiary/aromatic N) is 3. The van der Waals surface area contributed by atoms with Gasteiger partial charge in [-0.3, -0.25) is 4.79 Å². The topological polar surface area (TPSA) is 64.5 Å². The number of carbonyl (C=O) groups is 1. The van der Waals surface area contributed by atoms with Crippen molar-refractivity contribution in [1.29, 1.82) is 0 Å². The molecule has 23 heavy (non-hydrogen) atoms. The standard InChI is InChI=1S/C17H19N3O3/c1-22-17-18-10-9-15(19-17)16(21)20-11-5-8-14(12-20)23-13-6-3-2-4-7-13/h2-4,6-7,9-10,14H,5,8,11-12H2,1H3. The normalized spacial score (nSPS) is 17.6. The first-order valence-electron chi connectivity index (χ1n) is 7.64. The van der Waals surface area contributed by atoms with Gasteiger partial charge in [0.2, 0.25) is 0 Å². The van der Waals surface area contributed by atoms with E-state index in [2.05, 4.69) is 9.97 Å². The molecule has 1 fully saturated rings. The maximum Gasteiger partial charge on any atom is 0.316 e. The third-order valence-electron chi connectivity index (χ3n) is 3.75. The highest BCUT2D eigenvalue weighted by atomic mass is 16.5. The molecule has 1 aromatic carbocycles. The SMILES string of the molecule is COc1nccc(C(=O)N2CCCC(Oc3ccccc3)C2)n1. The summed E-state index contributed by atoms with van der Waals surface area (Å²) in [6.07, 6.45) is 3.37. The smallest absolute Gasteiger partial charge is 0.316 e. The first kappa shape index (κ1) is 15.3. The molecule has 1 aromatic heterocycles. The molecule has 1 saturated heterocycles. The van der Waals surface area contributed by atoms with Crippen LogP contribution >= 0.6 is 0 Å². The highest BCUT2D eigenvalue weighted by molar-refractivity contribution is 5.92. The molecule has 0 bridgehead atoms. The van der Waals surface area contributed by atoms with E-state index < -0.39 is 0 Å². The Bertz CT molecular complexity index is 663. The zero-order valence-corrected chi connectivity index (χ0v) is 13.0. The third kappa shape index (κ3) is 3.77. The number of hydrogen-bond acceptors (Lipinski definition) is 5. The number of aromatic nitrogens is 2. The second kappa shape index (κ2) is 7.09. The molecule has 2 heterocycles. The largest absolute Gasteiger partial charge is 0.489 e. The van der Waals surface area contributed by atoms with Gasteiger partial charge >= 0.3 is 6.01 Å². The van der Waals surface area contributed by atoms with Crippen LogP contribution in [0.4, 0.5) is 0 Å². The second-order valence-corrected chi connectivity index (χ2v) is 5.37. The van der Waals surface area contributed by atoms with Crippen LogP contribution < -0.4 is 9.47 Å². The molecule has 0 spiro atoms. The number of piperidine rings is 1. The Kier molecular flexibility index (Phi) is 4.71. The average molecular weight is 313 g/mol. The van der Waals surface area contributed by atoms with E-state index in [0.717, 1.165) is 18.6 Å². The Morgan fingerprint density at radius 2 is 2.09 bits per heavy atom. The molecule has 1 unspecified atom stereocenters. The first-order chi connectivity index (χ1) is 11.3. The van der Waals surface area contributed by atoms with Crippen molar-refractivity contribution in [2.45, 2.75) is 18.9 Å². The molecule has 0 saturated carbocycles. The molecule has 3 rings (SSSR count). The number of benzene rings is 1. The van der Waals surface area contributed by atoms with Gasteiger partial charge in [-0.15, -0.1) is 0 Å². The highest BCUT2D eigenvalue weighted by Gasteiger charge is 2.26. The van der Waals surface area contributed by atoms with Crippen LogP contribution in [0.25, 0.3) is 0 Å². The summed E-state index contributed by atoms with van der Waals surface area (Å²) in [5.41, 5.74) is 0.345. The number of amides is 1. The lowest BCUT2D eigenvalue weighted by Gasteiger charge is -2.32. The highest BCUT2D eigenvalue weighted by Crippen LogP contribution is 2.19. The van der Waals surface area contributed by atoms with Gasteiger partial charge < -0.3 is 14.4 Å². The van der Waals surface area contributed by atoms with Crippen molar-refractivity contribution >= 4 is 5.91 Å². The number of likely N-dealkylation sites (tertiary alicyclic amines) is 1. The zero-order valence-electron chi connectivity index (χ0n) is 13.0. The van der Waals surface area contributed by atoms with E-state index in [9.17, 15) is 4.79 Å². The fraction of sp³-hybridized carbons (Fsp3) is 0.353. The summed E-state index contributed by atoms with van der Waals surface area (Å²) in [5.74, 6) is 0.711. The average Bonchev–Trinajstić information content (AvgIpc) is 2.62. The molecule has 0 radical (unpaired) electrons. The van der Waals surface area contributed by atoms with Gasteiger partial charge in [-0.2, -0.15) is 4.98 Å². The molecule has 6 heteroatoms. The lowest BCUT2D eigenvalue weighted by Crippen LogP contribution is -2.44. The molecular formula is C17H19N3O3. The molecule has 1 atom stereocenters. The Hall–Kier alpha value is -2.63. The zero-order chi connectivity index (χ0) is 16.1. The van der Waals surface area contributed by atoms with Gasteiger partial charge in [-0.05, 0) is 31.0 Å². The van der Waals surface area contributed by atoms with Crippen LogP contribution in [0.5, 0.6) is 11.8 Å². The predicted octanol–water partition coefficient (Wildman–Crippen LogP) is 2.17. The number of carbonyl (C=O) groups excluding carboxylic acids is 1. The van der Waals surface area contributed by atoms with Gasteiger partial charge in [0.05, 0.1) is 13.7 Å². The number of hydrogen-bond donors (Lipinski definition) is 0. The van der Waals surface area contributed by atoms with Crippen LogP contribution in [0.2, 0.25) is 0 Å². The summed E-state index contributed by atoms with van der Waals surface area (Å²) in [6, 6.07) is 11.5. The summed E-state index contributed by atoms with van der Waals surface area (Å²) >= 11 is 0. The van der Waals surface area contributed by atoms with E-state index >= 15 is 0 Å². The van der Waals surface area contributed by atoms with E-state index in [1.165, 1.54) is 13.3 Å². The van der Waals surface area contributed by atoms with Gasteiger partial charge in [-0.1, -0.05) is 18.2 Å². The van der Waals surface area contributed by atoms with E-state index in [1.807, 2.05) is 30.3 Å². The number of ether oxygens (including phenoxy) is 2. The van der Waals surface area contributed by atoms with Crippen molar-refractivity contribution in [2.75, 3.05) is 20.2 Å². The molecule has 2 aromatic rings. The van der Waals surface area contributed by atoms with Gasteiger partial charge in [-0.25, -0.2) is 4.98 Å². The Morgan fingerprint density at radius 3 is 2.87 bits per heavy atom. The first-order valence-corrected chi connectivity index (χ1v) is 7.64. The monoisotopic (exact) mass is 313 g/mol. The molecule has 1 aliphatic rings. The Morgan fingerprint density at radius 1 is 1.26 bits per heavy atom. The third-order valence-corrected chi connectivity index (χ3v) is 3.75. The summed E-state index contributed by atoms with van der Waals surface area (Å²) in [4.78, 5) is 22.4. The van der Waals surface area contributed by atoms with Crippen LogP contribution in [-0.2, 0) is 0 Å². The molecule has 120 valence electrons. The van der Waals surface area contributed by atoms with Crippen LogP contribution in [0.3, 0.4) is 0 Å². The quantitative estimate of drug-likeness (QED) is 0.865. The number of rotatable bonds is 4. The van der Waals surface area contributed by atoms with Crippen LogP contribution in [0, 0.1) is 0 Å². The summed E-state index contributed by atoms with van der Waals surface area (Å²) in [5, 5.41) is 0. The molecule has 1 aliphatic heterocycles. The van der Waals surface area contributed by atoms with Crippen molar-refractivity contribution in [3.8, 4) is 11.8 Å². The van der Waals surface area contributed by atoms with E-state index in [-0.39, 0.29) is 18.0 Å². The van der Waals surface area contributed by atoms with Gasteiger partial charge in [0.15, 0.2) is 0 Å². The van der Waals surface area contributed by atoms with Crippen molar-refractivity contribution in [3.05, 3.63) is 48.3 Å². The summed E-state index contributed by atoms with van der Waals surface area (Å²) < 4.78 is 10.9. The maximum absolute atomic E-state index is 12.6. The molecule has 0 aliphatic carbocycles. The minimum Gasteiger partial charge on any atom is -0.489 e. The predicted molar refractivity (Wildman–Crippen MR) is 84.6 cm³/mol. The Balaban J connectivity index is 1.66. The van der Waals surface area contributed by atoms with Crippen LogP contribution in [-0.4, -0.2) is 47.1 Å². The van der Waals surface area contributed by atoms with E-state index in [4.69, 9.17) is 9.47 Å². The second-order valence-electron chi connectivity index (χ2n) is 5.37. The van der Waals surface area contributed by atoms with E-state index in [1.54, 1.807) is 11.0 Å². The minimum atomic E-state index is -0.118. The van der Waals surface area contributed by atoms with Crippen molar-refractivity contribution < 1.29 is 14.3 Å². The van der Waals surface area contributed by atoms with Crippen LogP contribution in [0.15, 0.2) is 42.6 Å². The van der Waals surface area contributed by atoms with Crippen molar-refractivity contribution in [2.24, 2.45) is 0 Å². The maximum atomic E-state index is 12.6. The lowest BCUT2D eigenvalue weighted by molar-refractivity contribution is 0.0531. The molecule has 6 nitrogen and oxygen atoms in total. The summed E-state index contributed by atoms with van der Waals surface area (Å²) in [7, 11) is 1.48. The fourth-order valence-electron chi connectivity index (χ4n) is 2.63. The van der Waals surface area contributed by atoms with Gasteiger partial charge in [0.1, 0.15) is 17.5 Å². The number of methoxy groups -OCH3 is 1. The minimum absolute atomic E-state index is 0.00108. The summed E-state index contributed by atoms with van der Waals surface area (Å²) in [6.45, 7) is 1.26. The van der Waals surface area contributed by atoms with Crippen molar-refractivity contribution in [1.82, 2.24) is 14.9 Å². The Labute approximate surface area is 135 Å². The molecule has 1 amide bonds. The van der Waals surface area contributed by atoms with Crippen molar-refractivity contribution in [3.63, 3.8) is 0 Å². The lowest BCUT2D eigenvalue weighted by atomic mass is 10.1. The van der Waals surface area contributed by atoms with Crippen LogP contribution in [0.1, 0.15) is 23.3 Å².